The summed E-state index contributed by atoms with van der Waals surface area (Å²) in [6.45, 7) is 6.06. The minimum absolute atomic E-state index is 0.212. The molecule has 2 aromatic carbocycles. The molecule has 0 saturated carbocycles. The molecule has 1 unspecified atom stereocenters. The Kier molecular flexibility index (Phi) is 5.71. The van der Waals surface area contributed by atoms with Crippen LogP contribution < -0.4 is 4.90 Å². The van der Waals surface area contributed by atoms with E-state index < -0.39 is 12.1 Å². The Balaban J connectivity index is 1.43. The van der Waals surface area contributed by atoms with Crippen LogP contribution in [0.1, 0.15) is 29.4 Å². The van der Waals surface area contributed by atoms with Gasteiger partial charge in [0.1, 0.15) is 0 Å². The van der Waals surface area contributed by atoms with Crippen LogP contribution in [0, 0.1) is 13.8 Å². The van der Waals surface area contributed by atoms with E-state index in [9.17, 15) is 9.59 Å². The number of para-hydroxylation sites is 2. The highest BCUT2D eigenvalue weighted by Gasteiger charge is 2.29. The molecule has 0 saturated heterocycles. The maximum absolute atomic E-state index is 12.8. The van der Waals surface area contributed by atoms with Crippen molar-refractivity contribution in [2.24, 2.45) is 0 Å². The van der Waals surface area contributed by atoms with Crippen LogP contribution >= 0.6 is 0 Å². The highest BCUT2D eigenvalue weighted by atomic mass is 16.5. The minimum atomic E-state index is -0.863. The Hall–Kier alpha value is -3.67. The standard InChI is InChI=1S/C25H25N3O3/c1-17-22(18(2)28(26-17)21-10-5-4-6-11-21)13-14-24(29)31-19(3)25(30)27-16-15-20-9-7-8-12-23(20)27/h4-14,19H,15-16H2,1-3H3. The van der Waals surface area contributed by atoms with Crippen LogP contribution in [0.25, 0.3) is 11.8 Å². The molecule has 1 amide bonds. The van der Waals surface area contributed by atoms with Crippen molar-refractivity contribution in [1.82, 2.24) is 9.78 Å². The molecule has 158 valence electrons. The topological polar surface area (TPSA) is 64.4 Å². The number of anilines is 1. The number of esters is 1. The van der Waals surface area contributed by atoms with Gasteiger partial charge in [-0.2, -0.15) is 5.10 Å². The molecule has 6 nitrogen and oxygen atoms in total. The molecule has 0 radical (unpaired) electrons. The number of benzene rings is 2. The van der Waals surface area contributed by atoms with Crippen LogP contribution in [0.15, 0.2) is 60.7 Å². The number of amides is 1. The van der Waals surface area contributed by atoms with E-state index in [0.29, 0.717) is 6.54 Å². The summed E-state index contributed by atoms with van der Waals surface area (Å²) in [5, 5.41) is 4.57. The molecule has 0 N–H and O–H groups in total. The fourth-order valence-corrected chi connectivity index (χ4v) is 3.92. The molecule has 0 bridgehead atoms. The molecule has 3 aromatic rings. The van der Waals surface area contributed by atoms with Crippen molar-refractivity contribution in [3.63, 3.8) is 0 Å². The zero-order chi connectivity index (χ0) is 22.0. The van der Waals surface area contributed by atoms with Gasteiger partial charge in [-0.05, 0) is 57.0 Å². The van der Waals surface area contributed by atoms with Gasteiger partial charge in [-0.3, -0.25) is 4.79 Å². The first kappa shape index (κ1) is 20.6. The monoisotopic (exact) mass is 415 g/mol. The molecule has 2 heterocycles. The summed E-state index contributed by atoms with van der Waals surface area (Å²) in [4.78, 5) is 26.9. The molecule has 6 heteroatoms. The average molecular weight is 415 g/mol. The summed E-state index contributed by atoms with van der Waals surface area (Å²) in [6.07, 6.45) is 3.00. The van der Waals surface area contributed by atoms with Crippen LogP contribution in [-0.2, 0) is 20.7 Å². The van der Waals surface area contributed by atoms with Gasteiger partial charge in [-0.15, -0.1) is 0 Å². The molecule has 1 atom stereocenters. The smallest absolute Gasteiger partial charge is 0.331 e. The summed E-state index contributed by atoms with van der Waals surface area (Å²) in [6, 6.07) is 17.6. The van der Waals surface area contributed by atoms with E-state index >= 15 is 0 Å². The molecular formula is C25H25N3O3. The van der Waals surface area contributed by atoms with E-state index in [2.05, 4.69) is 5.10 Å². The van der Waals surface area contributed by atoms with Gasteiger partial charge in [0.2, 0.25) is 0 Å². The maximum atomic E-state index is 12.8. The van der Waals surface area contributed by atoms with Crippen molar-refractivity contribution in [2.45, 2.75) is 33.3 Å². The third kappa shape index (κ3) is 4.14. The first-order chi connectivity index (χ1) is 15.0. The van der Waals surface area contributed by atoms with Gasteiger partial charge in [0.05, 0.1) is 11.4 Å². The predicted octanol–water partition coefficient (Wildman–Crippen LogP) is 4.02. The van der Waals surface area contributed by atoms with Crippen LogP contribution in [-0.4, -0.2) is 34.3 Å². The Labute approximate surface area is 181 Å². The second-order valence-electron chi connectivity index (χ2n) is 7.61. The molecule has 1 aliphatic heterocycles. The SMILES string of the molecule is Cc1nn(-c2ccccc2)c(C)c1C=CC(=O)OC(C)C(=O)N1CCc2ccccc21. The predicted molar refractivity (Wildman–Crippen MR) is 120 cm³/mol. The number of hydrogen-bond donors (Lipinski definition) is 0. The number of hydrogen-bond acceptors (Lipinski definition) is 4. The number of nitrogens with zero attached hydrogens (tertiary/aromatic N) is 3. The Morgan fingerprint density at radius 1 is 1.06 bits per heavy atom. The van der Waals surface area contributed by atoms with Crippen LogP contribution in [0.5, 0.6) is 0 Å². The molecule has 1 aliphatic rings. The molecule has 31 heavy (non-hydrogen) atoms. The van der Waals surface area contributed by atoms with Crippen molar-refractivity contribution in [3.8, 4) is 5.69 Å². The van der Waals surface area contributed by atoms with E-state index in [-0.39, 0.29) is 5.91 Å². The van der Waals surface area contributed by atoms with Gasteiger partial charge in [0.25, 0.3) is 5.91 Å². The fraction of sp³-hybridized carbons (Fsp3) is 0.240. The normalized spacial score (nSPS) is 14.0. The van der Waals surface area contributed by atoms with E-state index in [1.165, 1.54) is 6.08 Å². The molecule has 1 aromatic heterocycles. The summed E-state index contributed by atoms with van der Waals surface area (Å²) in [5.41, 5.74) is 5.57. The number of rotatable bonds is 5. The maximum Gasteiger partial charge on any atom is 0.331 e. The van der Waals surface area contributed by atoms with Crippen molar-refractivity contribution in [2.75, 3.05) is 11.4 Å². The number of aryl methyl sites for hydroxylation is 1. The number of fused-ring (bicyclic) bond motifs is 1. The fourth-order valence-electron chi connectivity index (χ4n) is 3.92. The number of aromatic nitrogens is 2. The highest BCUT2D eigenvalue weighted by Crippen LogP contribution is 2.28. The van der Waals surface area contributed by atoms with Crippen molar-refractivity contribution < 1.29 is 14.3 Å². The van der Waals surface area contributed by atoms with Gasteiger partial charge in [-0.25, -0.2) is 9.48 Å². The summed E-state index contributed by atoms with van der Waals surface area (Å²) >= 11 is 0. The van der Waals surface area contributed by atoms with Crippen LogP contribution in [0.2, 0.25) is 0 Å². The molecule has 4 rings (SSSR count). The molecular weight excluding hydrogens is 390 g/mol. The largest absolute Gasteiger partial charge is 0.449 e. The van der Waals surface area contributed by atoms with Gasteiger partial charge in [0.15, 0.2) is 6.10 Å². The van der Waals surface area contributed by atoms with Crippen molar-refractivity contribution in [3.05, 3.63) is 83.2 Å². The first-order valence-corrected chi connectivity index (χ1v) is 10.4. The summed E-state index contributed by atoms with van der Waals surface area (Å²) in [5.74, 6) is -0.768. The van der Waals surface area contributed by atoms with E-state index in [0.717, 1.165) is 40.3 Å². The molecule has 0 aliphatic carbocycles. The number of carbonyl (C=O) groups excluding carboxylic acids is 2. The average Bonchev–Trinajstić information content (AvgIpc) is 3.33. The van der Waals surface area contributed by atoms with Gasteiger partial charge in [-0.1, -0.05) is 36.4 Å². The van der Waals surface area contributed by atoms with E-state index in [1.807, 2.05) is 73.1 Å². The van der Waals surface area contributed by atoms with E-state index in [1.54, 1.807) is 17.9 Å². The third-order valence-electron chi connectivity index (χ3n) is 5.53. The second-order valence-corrected chi connectivity index (χ2v) is 7.61. The quantitative estimate of drug-likeness (QED) is 0.466. The lowest BCUT2D eigenvalue weighted by Gasteiger charge is -2.21. The van der Waals surface area contributed by atoms with Crippen LogP contribution in [0.4, 0.5) is 5.69 Å². The zero-order valence-electron chi connectivity index (χ0n) is 17.9. The lowest BCUT2D eigenvalue weighted by molar-refractivity contribution is -0.149. The van der Waals surface area contributed by atoms with Gasteiger partial charge < -0.3 is 9.64 Å². The Morgan fingerprint density at radius 2 is 1.77 bits per heavy atom. The third-order valence-corrected chi connectivity index (χ3v) is 5.53. The number of ether oxygens (including phenoxy) is 1. The van der Waals surface area contributed by atoms with Gasteiger partial charge >= 0.3 is 5.97 Å². The van der Waals surface area contributed by atoms with Crippen molar-refractivity contribution >= 4 is 23.6 Å². The lowest BCUT2D eigenvalue weighted by atomic mass is 10.2. The minimum Gasteiger partial charge on any atom is -0.449 e. The van der Waals surface area contributed by atoms with Gasteiger partial charge in [0, 0.05) is 29.6 Å². The van der Waals surface area contributed by atoms with E-state index in [4.69, 9.17) is 4.74 Å². The second kappa shape index (κ2) is 8.60. The summed E-state index contributed by atoms with van der Waals surface area (Å²) in [7, 11) is 0. The first-order valence-electron chi connectivity index (χ1n) is 10.4. The Bertz CT molecular complexity index is 1150. The molecule has 0 fully saturated rings. The lowest BCUT2D eigenvalue weighted by Crippen LogP contribution is -2.38. The highest BCUT2D eigenvalue weighted by molar-refractivity contribution is 6.00. The van der Waals surface area contributed by atoms with Crippen molar-refractivity contribution in [1.29, 1.82) is 0 Å². The van der Waals surface area contributed by atoms with Crippen LogP contribution in [0.3, 0.4) is 0 Å². The number of carbonyl (C=O) groups is 2. The summed E-state index contributed by atoms with van der Waals surface area (Å²) < 4.78 is 7.23. The zero-order valence-corrected chi connectivity index (χ0v) is 17.9. The molecule has 0 spiro atoms. The Morgan fingerprint density at radius 3 is 2.55 bits per heavy atom.